The first kappa shape index (κ1) is 18.7. The summed E-state index contributed by atoms with van der Waals surface area (Å²) in [5, 5.41) is 8.98. The lowest BCUT2D eigenvalue weighted by Crippen LogP contribution is -2.43. The Hall–Kier alpha value is -2.67. The van der Waals surface area contributed by atoms with Gasteiger partial charge in [0.05, 0.1) is 6.20 Å². The van der Waals surface area contributed by atoms with Gasteiger partial charge in [-0.25, -0.2) is 4.68 Å². The Kier molecular flexibility index (Phi) is 5.17. The molecule has 0 spiro atoms. The quantitative estimate of drug-likeness (QED) is 0.732. The third kappa shape index (κ3) is 3.42. The van der Waals surface area contributed by atoms with E-state index in [1.807, 2.05) is 35.9 Å². The van der Waals surface area contributed by atoms with Crippen LogP contribution in [0.25, 0.3) is 21.8 Å². The van der Waals surface area contributed by atoms with E-state index >= 15 is 0 Å². The fourth-order valence-electron chi connectivity index (χ4n) is 4.25. The molecule has 0 aliphatic carbocycles. The van der Waals surface area contributed by atoms with E-state index in [0.29, 0.717) is 18.1 Å². The van der Waals surface area contributed by atoms with Crippen LogP contribution in [0.1, 0.15) is 26.2 Å². The van der Waals surface area contributed by atoms with E-state index in [9.17, 15) is 9.59 Å². The largest absolute Gasteiger partial charge is 0.353 e. The Balaban J connectivity index is 1.46. The summed E-state index contributed by atoms with van der Waals surface area (Å²) in [5.74, 6) is -0.183. The number of nitrogens with one attached hydrogen (secondary N) is 1. The molecule has 3 aromatic rings. The van der Waals surface area contributed by atoms with E-state index in [-0.39, 0.29) is 18.0 Å². The molecule has 1 unspecified atom stereocenters. The number of rotatable bonds is 5. The van der Waals surface area contributed by atoms with Crippen LogP contribution in [0, 0.1) is 0 Å². The van der Waals surface area contributed by atoms with Crippen LogP contribution in [0.2, 0.25) is 0 Å². The third-order valence-electron chi connectivity index (χ3n) is 5.86. The second-order valence-corrected chi connectivity index (χ2v) is 7.68. The topological polar surface area (TPSA) is 72.2 Å². The van der Waals surface area contributed by atoms with Crippen LogP contribution in [0.3, 0.4) is 0 Å². The Morgan fingerprint density at radius 1 is 1.25 bits per heavy atom. The van der Waals surface area contributed by atoms with Gasteiger partial charge in [-0.05, 0) is 32.4 Å². The van der Waals surface area contributed by atoms with Gasteiger partial charge < -0.3 is 9.88 Å². The summed E-state index contributed by atoms with van der Waals surface area (Å²) >= 11 is 0. The first-order valence-corrected chi connectivity index (χ1v) is 10.0. The van der Waals surface area contributed by atoms with Gasteiger partial charge in [-0.2, -0.15) is 5.10 Å². The molecule has 2 aromatic heterocycles. The van der Waals surface area contributed by atoms with Crippen molar-refractivity contribution in [3.63, 3.8) is 0 Å². The van der Waals surface area contributed by atoms with Gasteiger partial charge in [-0.3, -0.25) is 14.5 Å². The fourth-order valence-corrected chi connectivity index (χ4v) is 4.25. The number of hydrogen-bond acceptors (Lipinski definition) is 4. The standard InChI is InChI=1S/C21H27N5O2/c1-15-7-5-6-11-25(15)12-10-22-19(27)14-26-21(28)20-17(13-23-26)16-8-3-4-9-18(16)24(20)2/h3-4,8-9,13,15H,5-7,10-12,14H2,1-2H3,(H,22,27). The summed E-state index contributed by atoms with van der Waals surface area (Å²) in [5.41, 5.74) is 1.32. The van der Waals surface area contributed by atoms with Crippen molar-refractivity contribution >= 4 is 27.7 Å². The monoisotopic (exact) mass is 381 g/mol. The molecule has 1 aromatic carbocycles. The average Bonchev–Trinajstić information content (AvgIpc) is 2.99. The van der Waals surface area contributed by atoms with E-state index < -0.39 is 0 Å². The minimum absolute atomic E-state index is 0.0636. The van der Waals surface area contributed by atoms with Crippen molar-refractivity contribution in [2.24, 2.45) is 7.05 Å². The second-order valence-electron chi connectivity index (χ2n) is 7.68. The number of likely N-dealkylation sites (tertiary alicyclic amines) is 1. The van der Waals surface area contributed by atoms with Gasteiger partial charge in [0.15, 0.2) is 0 Å². The average molecular weight is 381 g/mol. The molecule has 3 heterocycles. The SMILES string of the molecule is CC1CCCCN1CCNC(=O)Cn1ncc2c3ccccc3n(C)c2c1=O. The highest BCUT2D eigenvalue weighted by molar-refractivity contribution is 6.07. The molecule has 7 heteroatoms. The maximum atomic E-state index is 12.9. The molecule has 148 valence electrons. The summed E-state index contributed by atoms with van der Waals surface area (Å²) in [6.07, 6.45) is 5.41. The summed E-state index contributed by atoms with van der Waals surface area (Å²) in [4.78, 5) is 27.7. The van der Waals surface area contributed by atoms with E-state index in [4.69, 9.17) is 0 Å². The molecular formula is C21H27N5O2. The molecule has 1 N–H and O–H groups in total. The van der Waals surface area contributed by atoms with Gasteiger partial charge >= 0.3 is 0 Å². The zero-order chi connectivity index (χ0) is 19.7. The maximum absolute atomic E-state index is 12.9. The van der Waals surface area contributed by atoms with Crippen LogP contribution in [-0.2, 0) is 18.4 Å². The number of fused-ring (bicyclic) bond motifs is 3. The molecule has 0 bridgehead atoms. The van der Waals surface area contributed by atoms with E-state index in [0.717, 1.165) is 29.4 Å². The van der Waals surface area contributed by atoms with Gasteiger partial charge in [0.1, 0.15) is 12.1 Å². The third-order valence-corrected chi connectivity index (χ3v) is 5.86. The number of amides is 1. The van der Waals surface area contributed by atoms with E-state index in [1.165, 1.54) is 23.9 Å². The van der Waals surface area contributed by atoms with Crippen molar-refractivity contribution in [1.82, 2.24) is 24.6 Å². The summed E-state index contributed by atoms with van der Waals surface area (Å²) in [6, 6.07) is 8.43. The van der Waals surface area contributed by atoms with E-state index in [2.05, 4.69) is 22.2 Å². The van der Waals surface area contributed by atoms with Crippen LogP contribution in [-0.4, -0.2) is 50.8 Å². The van der Waals surface area contributed by atoms with Crippen LogP contribution in [0.15, 0.2) is 35.3 Å². The molecule has 1 fully saturated rings. The molecule has 7 nitrogen and oxygen atoms in total. The van der Waals surface area contributed by atoms with Crippen molar-refractivity contribution in [2.75, 3.05) is 19.6 Å². The molecule has 1 aliphatic rings. The highest BCUT2D eigenvalue weighted by atomic mass is 16.2. The van der Waals surface area contributed by atoms with Gasteiger partial charge in [0.25, 0.3) is 5.56 Å². The lowest BCUT2D eigenvalue weighted by Gasteiger charge is -2.33. The number of nitrogens with zero attached hydrogens (tertiary/aromatic N) is 4. The smallest absolute Gasteiger partial charge is 0.291 e. The minimum atomic E-state index is -0.240. The Labute approximate surface area is 163 Å². The first-order valence-electron chi connectivity index (χ1n) is 10.0. The number of hydrogen-bond donors (Lipinski definition) is 1. The van der Waals surface area contributed by atoms with Crippen molar-refractivity contribution in [2.45, 2.75) is 38.8 Å². The predicted octanol–water partition coefficient (Wildman–Crippen LogP) is 1.88. The lowest BCUT2D eigenvalue weighted by atomic mass is 10.0. The number of benzene rings is 1. The van der Waals surface area contributed by atoms with E-state index in [1.54, 1.807) is 6.20 Å². The number of para-hydroxylation sites is 1. The van der Waals surface area contributed by atoms with Crippen LogP contribution in [0.4, 0.5) is 0 Å². The number of carbonyl (C=O) groups is 1. The number of aryl methyl sites for hydroxylation is 1. The Bertz CT molecular complexity index is 1070. The molecule has 4 rings (SSSR count). The zero-order valence-corrected chi connectivity index (χ0v) is 16.5. The van der Waals surface area contributed by atoms with Crippen molar-refractivity contribution in [3.05, 3.63) is 40.8 Å². The normalized spacial score (nSPS) is 18.0. The zero-order valence-electron chi connectivity index (χ0n) is 16.5. The van der Waals surface area contributed by atoms with Crippen LogP contribution >= 0.6 is 0 Å². The molecule has 28 heavy (non-hydrogen) atoms. The second kappa shape index (κ2) is 7.75. The Morgan fingerprint density at radius 2 is 2.07 bits per heavy atom. The van der Waals surface area contributed by atoms with Gasteiger partial charge in [-0.15, -0.1) is 0 Å². The molecule has 1 saturated heterocycles. The van der Waals surface area contributed by atoms with Crippen molar-refractivity contribution in [1.29, 1.82) is 0 Å². The Morgan fingerprint density at radius 3 is 2.89 bits per heavy atom. The highest BCUT2D eigenvalue weighted by Crippen LogP contribution is 2.24. The number of carbonyl (C=O) groups excluding carboxylic acids is 1. The van der Waals surface area contributed by atoms with Crippen LogP contribution in [0.5, 0.6) is 0 Å². The number of piperidine rings is 1. The fraction of sp³-hybridized carbons (Fsp3) is 0.476. The lowest BCUT2D eigenvalue weighted by molar-refractivity contribution is -0.122. The van der Waals surface area contributed by atoms with Gasteiger partial charge in [0.2, 0.25) is 5.91 Å². The summed E-state index contributed by atoms with van der Waals surface area (Å²) < 4.78 is 3.13. The van der Waals surface area contributed by atoms with Crippen molar-refractivity contribution < 1.29 is 4.79 Å². The van der Waals surface area contributed by atoms with Crippen LogP contribution < -0.4 is 10.9 Å². The molecule has 1 aliphatic heterocycles. The van der Waals surface area contributed by atoms with Gasteiger partial charge in [-0.1, -0.05) is 24.6 Å². The molecule has 1 amide bonds. The molecule has 0 saturated carbocycles. The molecule has 0 radical (unpaired) electrons. The summed E-state index contributed by atoms with van der Waals surface area (Å²) in [7, 11) is 1.87. The first-order chi connectivity index (χ1) is 13.6. The predicted molar refractivity (Wildman–Crippen MR) is 110 cm³/mol. The highest BCUT2D eigenvalue weighted by Gasteiger charge is 2.18. The molecule has 1 atom stereocenters. The van der Waals surface area contributed by atoms with Gasteiger partial charge in [0, 0.05) is 42.5 Å². The summed E-state index contributed by atoms with van der Waals surface area (Å²) in [6.45, 7) is 4.71. The number of aromatic nitrogens is 3. The minimum Gasteiger partial charge on any atom is -0.353 e. The van der Waals surface area contributed by atoms with Crippen molar-refractivity contribution in [3.8, 4) is 0 Å². The maximum Gasteiger partial charge on any atom is 0.291 e. The molecular weight excluding hydrogens is 354 g/mol.